The molecule has 0 saturated carbocycles. The fourth-order valence-corrected chi connectivity index (χ4v) is 4.04. The van der Waals surface area contributed by atoms with E-state index >= 15 is 0 Å². The number of carbonyl (C=O) groups is 2. The van der Waals surface area contributed by atoms with Crippen molar-refractivity contribution in [1.82, 2.24) is 14.9 Å². The van der Waals surface area contributed by atoms with Crippen molar-refractivity contribution in [2.24, 2.45) is 0 Å². The van der Waals surface area contributed by atoms with Gasteiger partial charge in [-0.25, -0.2) is 4.98 Å². The van der Waals surface area contributed by atoms with Gasteiger partial charge in [-0.1, -0.05) is 43.7 Å². The molecule has 1 heterocycles. The van der Waals surface area contributed by atoms with Crippen LogP contribution in [0.5, 0.6) is 0 Å². The molecule has 2 aromatic carbocycles. The highest BCUT2D eigenvalue weighted by atomic mass is 32.2. The van der Waals surface area contributed by atoms with E-state index in [4.69, 9.17) is 4.98 Å². The Morgan fingerprint density at radius 2 is 1.83 bits per heavy atom. The average molecular weight is 411 g/mol. The standard InChI is InChI=1S/C22H26N4O2S/c1-3-4-7-14-29-22-25-18-8-5-6-9-19(18)26(22)15-20(27)24-17-12-10-16(11-13-17)21(28)23-2/h5-6,8-13H,3-4,7,14-15H2,1-2H3,(H,23,28)(H,24,27). The number of rotatable bonds is 9. The lowest BCUT2D eigenvalue weighted by molar-refractivity contribution is -0.116. The Morgan fingerprint density at radius 1 is 1.07 bits per heavy atom. The molecule has 152 valence electrons. The number of para-hydroxylation sites is 2. The number of nitrogens with one attached hydrogen (secondary N) is 2. The highest BCUT2D eigenvalue weighted by Gasteiger charge is 2.14. The number of fused-ring (bicyclic) bond motifs is 1. The molecule has 0 spiro atoms. The first-order chi connectivity index (χ1) is 14.1. The monoisotopic (exact) mass is 410 g/mol. The number of nitrogens with zero attached hydrogens (tertiary/aromatic N) is 2. The molecule has 0 aliphatic rings. The van der Waals surface area contributed by atoms with Gasteiger partial charge in [0.25, 0.3) is 5.91 Å². The Hall–Kier alpha value is -2.80. The van der Waals surface area contributed by atoms with Gasteiger partial charge < -0.3 is 15.2 Å². The minimum absolute atomic E-state index is 0.128. The third kappa shape index (κ3) is 5.38. The van der Waals surface area contributed by atoms with E-state index in [9.17, 15) is 9.59 Å². The van der Waals surface area contributed by atoms with Crippen molar-refractivity contribution in [2.75, 3.05) is 18.1 Å². The van der Waals surface area contributed by atoms with Crippen molar-refractivity contribution in [3.8, 4) is 0 Å². The summed E-state index contributed by atoms with van der Waals surface area (Å²) >= 11 is 1.70. The molecule has 0 radical (unpaired) electrons. The quantitative estimate of drug-likeness (QED) is 0.407. The Balaban J connectivity index is 1.72. The number of thioether (sulfide) groups is 1. The van der Waals surface area contributed by atoms with E-state index in [1.54, 1.807) is 43.1 Å². The van der Waals surface area contributed by atoms with Crippen molar-refractivity contribution in [2.45, 2.75) is 37.9 Å². The van der Waals surface area contributed by atoms with Crippen LogP contribution in [-0.2, 0) is 11.3 Å². The van der Waals surface area contributed by atoms with Gasteiger partial charge in [-0.15, -0.1) is 0 Å². The summed E-state index contributed by atoms with van der Waals surface area (Å²) in [5, 5.41) is 6.35. The van der Waals surface area contributed by atoms with Crippen molar-refractivity contribution in [1.29, 1.82) is 0 Å². The second-order valence-electron chi connectivity index (χ2n) is 6.73. The molecule has 0 fully saturated rings. The maximum Gasteiger partial charge on any atom is 0.251 e. The van der Waals surface area contributed by atoms with Crippen LogP contribution in [0.4, 0.5) is 5.69 Å². The molecule has 3 aromatic rings. The molecule has 0 atom stereocenters. The summed E-state index contributed by atoms with van der Waals surface area (Å²) < 4.78 is 1.97. The molecule has 0 saturated heterocycles. The molecule has 0 bridgehead atoms. The number of benzene rings is 2. The second kappa shape index (κ2) is 10.1. The third-order valence-corrected chi connectivity index (χ3v) is 5.62. The first-order valence-corrected chi connectivity index (χ1v) is 10.8. The Labute approximate surface area is 175 Å². The fourth-order valence-electron chi connectivity index (χ4n) is 3.03. The van der Waals surface area contributed by atoms with Crippen molar-refractivity contribution >= 4 is 40.3 Å². The van der Waals surface area contributed by atoms with Gasteiger partial charge in [0.05, 0.1) is 11.0 Å². The Morgan fingerprint density at radius 3 is 2.55 bits per heavy atom. The van der Waals surface area contributed by atoms with E-state index in [1.165, 1.54) is 12.8 Å². The average Bonchev–Trinajstić information content (AvgIpc) is 3.08. The number of hydrogen-bond acceptors (Lipinski definition) is 4. The predicted molar refractivity (Wildman–Crippen MR) is 118 cm³/mol. The zero-order chi connectivity index (χ0) is 20.6. The smallest absolute Gasteiger partial charge is 0.251 e. The lowest BCUT2D eigenvalue weighted by Crippen LogP contribution is -2.20. The van der Waals surface area contributed by atoms with Crippen molar-refractivity contribution in [3.63, 3.8) is 0 Å². The van der Waals surface area contributed by atoms with Crippen LogP contribution in [0.25, 0.3) is 11.0 Å². The number of amides is 2. The maximum atomic E-state index is 12.7. The Kier molecular flexibility index (Phi) is 7.30. The summed E-state index contributed by atoms with van der Waals surface area (Å²) in [7, 11) is 1.59. The van der Waals surface area contributed by atoms with Gasteiger partial charge in [-0.05, 0) is 42.8 Å². The molecular formula is C22H26N4O2S. The van der Waals surface area contributed by atoms with Crippen LogP contribution in [-0.4, -0.2) is 34.2 Å². The number of imidazole rings is 1. The van der Waals surface area contributed by atoms with Gasteiger partial charge in [0.1, 0.15) is 6.54 Å². The van der Waals surface area contributed by atoms with Crippen LogP contribution in [0.2, 0.25) is 0 Å². The highest BCUT2D eigenvalue weighted by Crippen LogP contribution is 2.25. The molecule has 2 N–H and O–H groups in total. The number of carbonyl (C=O) groups excluding carboxylic acids is 2. The molecule has 1 aromatic heterocycles. The van der Waals surface area contributed by atoms with E-state index in [0.717, 1.165) is 28.4 Å². The molecule has 29 heavy (non-hydrogen) atoms. The van der Waals surface area contributed by atoms with Gasteiger partial charge >= 0.3 is 0 Å². The van der Waals surface area contributed by atoms with Crippen LogP contribution in [0.15, 0.2) is 53.7 Å². The van der Waals surface area contributed by atoms with E-state index in [0.29, 0.717) is 11.3 Å². The first-order valence-electron chi connectivity index (χ1n) is 9.82. The predicted octanol–water partition coefficient (Wildman–Crippen LogP) is 4.32. The van der Waals surface area contributed by atoms with Crippen LogP contribution in [0.1, 0.15) is 36.5 Å². The van der Waals surface area contributed by atoms with E-state index in [-0.39, 0.29) is 18.4 Å². The number of anilines is 1. The summed E-state index contributed by atoms with van der Waals surface area (Å²) in [6, 6.07) is 14.7. The summed E-state index contributed by atoms with van der Waals surface area (Å²) in [6.45, 7) is 2.37. The molecular weight excluding hydrogens is 384 g/mol. The van der Waals surface area contributed by atoms with Crippen LogP contribution < -0.4 is 10.6 Å². The van der Waals surface area contributed by atoms with Crippen molar-refractivity contribution in [3.05, 3.63) is 54.1 Å². The molecule has 0 aliphatic carbocycles. The normalized spacial score (nSPS) is 10.8. The van der Waals surface area contributed by atoms with Crippen LogP contribution >= 0.6 is 11.8 Å². The van der Waals surface area contributed by atoms with Gasteiger partial charge in [0, 0.05) is 24.1 Å². The van der Waals surface area contributed by atoms with Crippen LogP contribution in [0.3, 0.4) is 0 Å². The van der Waals surface area contributed by atoms with Gasteiger partial charge in [0.2, 0.25) is 5.91 Å². The fraction of sp³-hybridized carbons (Fsp3) is 0.318. The van der Waals surface area contributed by atoms with E-state index in [1.807, 2.05) is 28.8 Å². The molecule has 0 aliphatic heterocycles. The molecule has 6 nitrogen and oxygen atoms in total. The van der Waals surface area contributed by atoms with Gasteiger partial charge in [-0.3, -0.25) is 9.59 Å². The zero-order valence-corrected chi connectivity index (χ0v) is 17.6. The number of hydrogen-bond donors (Lipinski definition) is 2. The first kappa shape index (κ1) is 20.9. The minimum atomic E-state index is -0.155. The summed E-state index contributed by atoms with van der Waals surface area (Å²) in [5.74, 6) is 0.702. The van der Waals surface area contributed by atoms with Crippen LogP contribution in [0, 0.1) is 0 Å². The van der Waals surface area contributed by atoms with Crippen molar-refractivity contribution < 1.29 is 9.59 Å². The largest absolute Gasteiger partial charge is 0.355 e. The molecule has 7 heteroatoms. The van der Waals surface area contributed by atoms with Gasteiger partial charge in [-0.2, -0.15) is 0 Å². The lowest BCUT2D eigenvalue weighted by Gasteiger charge is -2.10. The second-order valence-corrected chi connectivity index (χ2v) is 7.79. The third-order valence-electron chi connectivity index (χ3n) is 4.56. The van der Waals surface area contributed by atoms with E-state index in [2.05, 4.69) is 17.6 Å². The summed E-state index contributed by atoms with van der Waals surface area (Å²) in [6.07, 6.45) is 3.51. The molecule has 2 amide bonds. The van der Waals surface area contributed by atoms with Gasteiger partial charge in [0.15, 0.2) is 5.16 Å². The molecule has 3 rings (SSSR count). The minimum Gasteiger partial charge on any atom is -0.355 e. The number of aromatic nitrogens is 2. The number of unbranched alkanes of at least 4 members (excludes halogenated alkanes) is 2. The molecule has 0 unspecified atom stereocenters. The highest BCUT2D eigenvalue weighted by molar-refractivity contribution is 7.99. The Bertz CT molecular complexity index is 982. The van der Waals surface area contributed by atoms with E-state index < -0.39 is 0 Å². The SMILES string of the molecule is CCCCCSc1nc2ccccc2n1CC(=O)Nc1ccc(C(=O)NC)cc1. The maximum absolute atomic E-state index is 12.7. The topological polar surface area (TPSA) is 76.0 Å². The lowest BCUT2D eigenvalue weighted by atomic mass is 10.2. The summed E-state index contributed by atoms with van der Waals surface area (Å²) in [4.78, 5) is 29.0. The summed E-state index contributed by atoms with van der Waals surface area (Å²) in [5.41, 5.74) is 3.06. The zero-order valence-electron chi connectivity index (χ0n) is 16.8.